The van der Waals surface area contributed by atoms with E-state index in [1.54, 1.807) is 16.2 Å². The Balaban J connectivity index is 1.17. The number of carbonyl (C=O) groups is 2. The lowest BCUT2D eigenvalue weighted by atomic mass is 10.1. The highest BCUT2D eigenvalue weighted by Gasteiger charge is 2.38. The molecule has 178 valence electrons. The van der Waals surface area contributed by atoms with E-state index in [1.165, 1.54) is 0 Å². The first kappa shape index (κ1) is 22.7. The molecule has 0 bridgehead atoms. The molecule has 0 spiro atoms. The quantitative estimate of drug-likeness (QED) is 0.540. The van der Waals surface area contributed by atoms with Crippen LogP contribution < -0.4 is 0 Å². The van der Waals surface area contributed by atoms with Crippen LogP contribution in [-0.2, 0) is 16.0 Å². The molecule has 0 N–H and O–H groups in total. The van der Waals surface area contributed by atoms with Crippen molar-refractivity contribution in [1.29, 1.82) is 0 Å². The molecule has 1 aromatic carbocycles. The summed E-state index contributed by atoms with van der Waals surface area (Å²) in [4.78, 5) is 37.7. The minimum absolute atomic E-state index is 0.0300. The molecule has 0 saturated carbocycles. The Morgan fingerprint density at radius 3 is 2.62 bits per heavy atom. The minimum atomic E-state index is -0.333. The highest BCUT2D eigenvalue weighted by atomic mass is 32.1. The molecule has 2 amide bonds. The van der Waals surface area contributed by atoms with E-state index in [0.29, 0.717) is 37.8 Å². The van der Waals surface area contributed by atoms with Crippen LogP contribution in [0.1, 0.15) is 36.6 Å². The zero-order valence-corrected chi connectivity index (χ0v) is 20.1. The largest absolute Gasteiger partial charge is 0.338 e. The molecule has 9 heteroatoms. The summed E-state index contributed by atoms with van der Waals surface area (Å²) < 4.78 is 5.55. The number of carbonyl (C=O) groups excluding carboxylic acids is 2. The summed E-state index contributed by atoms with van der Waals surface area (Å²) in [5, 5.41) is 6.11. The molecule has 0 radical (unpaired) electrons. The maximum Gasteiger partial charge on any atom is 0.245 e. The summed E-state index contributed by atoms with van der Waals surface area (Å²) in [5.41, 5.74) is 0.926. The van der Waals surface area contributed by atoms with Gasteiger partial charge in [0.2, 0.25) is 23.5 Å². The van der Waals surface area contributed by atoms with Gasteiger partial charge < -0.3 is 14.3 Å². The van der Waals surface area contributed by atoms with Crippen LogP contribution in [0.5, 0.6) is 0 Å². The number of likely N-dealkylation sites (tertiary alicyclic amines) is 1. The lowest BCUT2D eigenvalue weighted by Gasteiger charge is -2.38. The van der Waals surface area contributed by atoms with Crippen LogP contribution in [0.3, 0.4) is 0 Å². The Kier molecular flexibility index (Phi) is 6.73. The Morgan fingerprint density at radius 1 is 1.09 bits per heavy atom. The predicted molar refractivity (Wildman–Crippen MR) is 129 cm³/mol. The molecular weight excluding hydrogens is 450 g/mol. The van der Waals surface area contributed by atoms with Gasteiger partial charge in [-0.25, -0.2) is 0 Å². The third-order valence-corrected chi connectivity index (χ3v) is 7.64. The van der Waals surface area contributed by atoms with Crippen LogP contribution in [0.15, 0.2) is 52.4 Å². The molecule has 3 aromatic rings. The van der Waals surface area contributed by atoms with Gasteiger partial charge >= 0.3 is 0 Å². The predicted octanol–water partition coefficient (Wildman–Crippen LogP) is 3.24. The number of hydrogen-bond acceptors (Lipinski definition) is 7. The Labute approximate surface area is 203 Å². The number of amides is 2. The van der Waals surface area contributed by atoms with E-state index in [-0.39, 0.29) is 23.9 Å². The van der Waals surface area contributed by atoms with Crippen LogP contribution in [0.2, 0.25) is 0 Å². The number of nitrogens with zero attached hydrogens (tertiary/aromatic N) is 5. The van der Waals surface area contributed by atoms with Gasteiger partial charge in [0.05, 0.1) is 12.5 Å². The number of benzene rings is 1. The van der Waals surface area contributed by atoms with Gasteiger partial charge in [0.25, 0.3) is 0 Å². The average Bonchev–Trinajstić information content (AvgIpc) is 3.66. The van der Waals surface area contributed by atoms with Crippen molar-refractivity contribution in [2.75, 3.05) is 32.7 Å². The van der Waals surface area contributed by atoms with Crippen LogP contribution in [-0.4, -0.2) is 75.4 Å². The normalized spacial score (nSPS) is 20.0. The third-order valence-electron chi connectivity index (χ3n) is 6.77. The second kappa shape index (κ2) is 10.1. The summed E-state index contributed by atoms with van der Waals surface area (Å²) >= 11 is 1.58. The van der Waals surface area contributed by atoms with Gasteiger partial charge in [0.15, 0.2) is 0 Å². The van der Waals surface area contributed by atoms with Crippen LogP contribution in [0.4, 0.5) is 0 Å². The molecule has 34 heavy (non-hydrogen) atoms. The third kappa shape index (κ3) is 4.76. The first-order chi connectivity index (χ1) is 16.6. The Bertz CT molecular complexity index is 1110. The molecule has 2 saturated heterocycles. The van der Waals surface area contributed by atoms with Crippen molar-refractivity contribution < 1.29 is 14.1 Å². The van der Waals surface area contributed by atoms with E-state index in [4.69, 9.17) is 4.52 Å². The van der Waals surface area contributed by atoms with E-state index in [9.17, 15) is 9.59 Å². The van der Waals surface area contributed by atoms with E-state index in [0.717, 1.165) is 36.4 Å². The summed E-state index contributed by atoms with van der Waals surface area (Å²) in [7, 11) is 0. The molecule has 2 aliphatic heterocycles. The highest BCUT2D eigenvalue weighted by molar-refractivity contribution is 7.10. The molecule has 2 aliphatic rings. The first-order valence-corrected chi connectivity index (χ1v) is 12.7. The second-order valence-corrected chi connectivity index (χ2v) is 9.89. The van der Waals surface area contributed by atoms with E-state index in [1.807, 2.05) is 52.7 Å². The van der Waals surface area contributed by atoms with Crippen molar-refractivity contribution in [2.24, 2.45) is 0 Å². The monoisotopic (exact) mass is 479 g/mol. The van der Waals surface area contributed by atoms with Crippen molar-refractivity contribution in [3.63, 3.8) is 0 Å². The van der Waals surface area contributed by atoms with Gasteiger partial charge in [0.1, 0.15) is 6.04 Å². The maximum atomic E-state index is 13.3. The van der Waals surface area contributed by atoms with Gasteiger partial charge in [-0.3, -0.25) is 14.5 Å². The van der Waals surface area contributed by atoms with Gasteiger partial charge in [-0.2, -0.15) is 4.98 Å². The molecule has 4 heterocycles. The summed E-state index contributed by atoms with van der Waals surface area (Å²) in [6, 6.07) is 13.3. The van der Waals surface area contributed by atoms with Gasteiger partial charge in [0, 0.05) is 43.2 Å². The minimum Gasteiger partial charge on any atom is -0.338 e. The van der Waals surface area contributed by atoms with Crippen molar-refractivity contribution in [2.45, 2.75) is 38.3 Å². The van der Waals surface area contributed by atoms with E-state index < -0.39 is 0 Å². The maximum absolute atomic E-state index is 13.3. The Hall–Kier alpha value is -3.04. The number of thiophene rings is 1. The molecule has 2 atom stereocenters. The van der Waals surface area contributed by atoms with Crippen LogP contribution in [0.25, 0.3) is 11.4 Å². The summed E-state index contributed by atoms with van der Waals surface area (Å²) in [5.74, 6) is 1.30. The summed E-state index contributed by atoms with van der Waals surface area (Å²) in [6.45, 7) is 5.44. The Morgan fingerprint density at radius 2 is 1.88 bits per heavy atom. The van der Waals surface area contributed by atoms with Crippen molar-refractivity contribution in [1.82, 2.24) is 24.8 Å². The fourth-order valence-corrected chi connectivity index (χ4v) is 5.49. The lowest BCUT2D eigenvalue weighted by Crippen LogP contribution is -2.54. The summed E-state index contributed by atoms with van der Waals surface area (Å²) in [6.07, 6.45) is 2.00. The van der Waals surface area contributed by atoms with Gasteiger partial charge in [-0.1, -0.05) is 41.6 Å². The molecule has 2 unspecified atom stereocenters. The molecule has 2 aromatic heterocycles. The highest BCUT2D eigenvalue weighted by Crippen LogP contribution is 2.26. The van der Waals surface area contributed by atoms with Gasteiger partial charge in [-0.15, -0.1) is 11.3 Å². The number of aromatic nitrogens is 2. The standard InChI is InChI=1S/C25H29N5O3S/c1-18(24-26-23(27-33-24)19-7-3-2-4-8-19)28-12-14-29(15-13-28)25(32)21-10-5-11-30(21)22(31)17-20-9-6-16-34-20/h2-4,6-9,16,18,21H,5,10-15,17H2,1H3. The topological polar surface area (TPSA) is 82.8 Å². The van der Waals surface area contributed by atoms with Crippen molar-refractivity contribution in [3.05, 3.63) is 58.6 Å². The zero-order chi connectivity index (χ0) is 23.5. The fraction of sp³-hybridized carbons (Fsp3) is 0.440. The smallest absolute Gasteiger partial charge is 0.245 e. The number of rotatable bonds is 6. The number of piperazine rings is 1. The zero-order valence-electron chi connectivity index (χ0n) is 19.3. The average molecular weight is 480 g/mol. The SMILES string of the molecule is CC(c1nc(-c2ccccc2)no1)N1CCN(C(=O)C2CCCN2C(=O)Cc2cccs2)CC1. The first-order valence-electron chi connectivity index (χ1n) is 11.8. The second-order valence-electron chi connectivity index (χ2n) is 8.86. The molecule has 2 fully saturated rings. The molecule has 5 rings (SSSR count). The van der Waals surface area contributed by atoms with Crippen LogP contribution >= 0.6 is 11.3 Å². The van der Waals surface area contributed by atoms with Crippen molar-refractivity contribution >= 4 is 23.2 Å². The molecule has 8 nitrogen and oxygen atoms in total. The fourth-order valence-electron chi connectivity index (χ4n) is 4.79. The number of hydrogen-bond donors (Lipinski definition) is 0. The van der Waals surface area contributed by atoms with E-state index in [2.05, 4.69) is 22.0 Å². The molecular formula is C25H29N5O3S. The van der Waals surface area contributed by atoms with E-state index >= 15 is 0 Å². The van der Waals surface area contributed by atoms with Crippen molar-refractivity contribution in [3.8, 4) is 11.4 Å². The lowest BCUT2D eigenvalue weighted by molar-refractivity contribution is -0.144. The van der Waals surface area contributed by atoms with Gasteiger partial charge in [-0.05, 0) is 31.2 Å². The molecule has 0 aliphatic carbocycles. The van der Waals surface area contributed by atoms with Crippen LogP contribution in [0, 0.1) is 0 Å².